The van der Waals surface area contributed by atoms with Crippen molar-refractivity contribution in [2.45, 2.75) is 13.3 Å². The van der Waals surface area contributed by atoms with Crippen LogP contribution in [0.3, 0.4) is 0 Å². The average molecular weight is 284 g/mol. The molecule has 0 amide bonds. The van der Waals surface area contributed by atoms with Crippen molar-refractivity contribution in [2.75, 3.05) is 5.73 Å². The highest BCUT2D eigenvalue weighted by Crippen LogP contribution is 2.33. The average Bonchev–Trinajstić information content (AvgIpc) is 2.64. The Morgan fingerprint density at radius 3 is 2.80 bits per heavy atom. The number of hydrogen-bond donors (Lipinski definition) is 1. The fraction of sp³-hybridized carbons (Fsp3) is 0.200. The molecule has 0 aliphatic heterocycles. The van der Waals surface area contributed by atoms with Crippen molar-refractivity contribution in [1.29, 1.82) is 0 Å². The molecule has 2 heterocycles. The number of nitrogens with two attached hydrogens (primary N) is 1. The van der Waals surface area contributed by atoms with Gasteiger partial charge in [0.1, 0.15) is 12.1 Å². The molecule has 0 radical (unpaired) electrons. The van der Waals surface area contributed by atoms with Gasteiger partial charge in [-0.15, -0.1) is 0 Å². The summed E-state index contributed by atoms with van der Waals surface area (Å²) < 4.78 is 1.06. The van der Waals surface area contributed by atoms with Crippen LogP contribution in [-0.2, 0) is 6.42 Å². The van der Waals surface area contributed by atoms with Gasteiger partial charge in [-0.25, -0.2) is 9.97 Å². The van der Waals surface area contributed by atoms with E-state index in [9.17, 15) is 0 Å². The van der Waals surface area contributed by atoms with E-state index in [1.807, 2.05) is 5.38 Å². The van der Waals surface area contributed by atoms with Gasteiger partial charge in [-0.2, -0.15) is 11.3 Å². The molecule has 2 N–H and O–H groups in total. The van der Waals surface area contributed by atoms with Crippen molar-refractivity contribution in [2.24, 2.45) is 0 Å². The largest absolute Gasteiger partial charge is 0.383 e. The van der Waals surface area contributed by atoms with Gasteiger partial charge >= 0.3 is 0 Å². The maximum Gasteiger partial charge on any atom is 0.130 e. The molecule has 0 fully saturated rings. The second kappa shape index (κ2) is 4.28. The normalized spacial score (nSPS) is 10.5. The van der Waals surface area contributed by atoms with Gasteiger partial charge in [0.15, 0.2) is 0 Å². The summed E-state index contributed by atoms with van der Waals surface area (Å²) in [6.45, 7) is 2.05. The van der Waals surface area contributed by atoms with Gasteiger partial charge in [-0.05, 0) is 22.4 Å². The molecule has 5 heteroatoms. The molecule has 0 saturated carbocycles. The van der Waals surface area contributed by atoms with E-state index in [0.29, 0.717) is 5.82 Å². The molecule has 0 aliphatic rings. The van der Waals surface area contributed by atoms with Crippen LogP contribution in [0.15, 0.2) is 21.6 Å². The first-order chi connectivity index (χ1) is 7.24. The third kappa shape index (κ3) is 1.89. The molecule has 0 aliphatic carbocycles. The number of thiophene rings is 1. The second-order valence-corrected chi connectivity index (χ2v) is 4.67. The van der Waals surface area contributed by atoms with Crippen LogP contribution >= 0.6 is 27.3 Å². The van der Waals surface area contributed by atoms with Crippen LogP contribution in [0.1, 0.15) is 12.5 Å². The monoisotopic (exact) mass is 283 g/mol. The van der Waals surface area contributed by atoms with Crippen LogP contribution < -0.4 is 5.73 Å². The van der Waals surface area contributed by atoms with Gasteiger partial charge in [0.25, 0.3) is 0 Å². The number of aromatic nitrogens is 2. The predicted molar refractivity (Wildman–Crippen MR) is 66.8 cm³/mol. The third-order valence-corrected chi connectivity index (χ3v) is 3.90. The van der Waals surface area contributed by atoms with Gasteiger partial charge in [0.2, 0.25) is 0 Å². The van der Waals surface area contributed by atoms with E-state index in [1.54, 1.807) is 11.3 Å². The molecular formula is C10H10BrN3S. The minimum atomic E-state index is 0.570. The lowest BCUT2D eigenvalue weighted by Gasteiger charge is -2.07. The second-order valence-electron chi connectivity index (χ2n) is 3.07. The topological polar surface area (TPSA) is 51.8 Å². The molecule has 0 saturated heterocycles. The van der Waals surface area contributed by atoms with Gasteiger partial charge < -0.3 is 5.73 Å². The third-order valence-electron chi connectivity index (χ3n) is 2.20. The fourth-order valence-electron chi connectivity index (χ4n) is 1.46. The van der Waals surface area contributed by atoms with E-state index in [-0.39, 0.29) is 0 Å². The SMILES string of the molecule is CCc1c(N)ncnc1-c1cscc1Br. The molecule has 2 rings (SSSR count). The van der Waals surface area contributed by atoms with Gasteiger partial charge in [0, 0.05) is 26.4 Å². The van der Waals surface area contributed by atoms with Crippen LogP contribution in [0.5, 0.6) is 0 Å². The predicted octanol–water partition coefficient (Wildman–Crippen LogP) is 3.11. The first-order valence-corrected chi connectivity index (χ1v) is 6.29. The maximum atomic E-state index is 5.83. The Hall–Kier alpha value is -0.940. The highest BCUT2D eigenvalue weighted by atomic mass is 79.9. The summed E-state index contributed by atoms with van der Waals surface area (Å²) in [7, 11) is 0. The van der Waals surface area contributed by atoms with E-state index in [4.69, 9.17) is 5.73 Å². The number of nitrogens with zero attached hydrogens (tertiary/aromatic N) is 2. The molecule has 3 nitrogen and oxygen atoms in total. The number of rotatable bonds is 2. The van der Waals surface area contributed by atoms with E-state index in [0.717, 1.165) is 27.7 Å². The van der Waals surface area contributed by atoms with E-state index >= 15 is 0 Å². The maximum absolute atomic E-state index is 5.83. The van der Waals surface area contributed by atoms with Gasteiger partial charge in [0.05, 0.1) is 5.69 Å². The first kappa shape index (κ1) is 10.6. The highest BCUT2D eigenvalue weighted by molar-refractivity contribution is 9.10. The van der Waals surface area contributed by atoms with Crippen LogP contribution in [0.25, 0.3) is 11.3 Å². The van der Waals surface area contributed by atoms with Crippen LogP contribution in [0, 0.1) is 0 Å². The molecule has 0 spiro atoms. The summed E-state index contributed by atoms with van der Waals surface area (Å²) >= 11 is 5.14. The fourth-order valence-corrected chi connectivity index (χ4v) is 2.92. The molecule has 0 unspecified atom stereocenters. The molecular weight excluding hydrogens is 274 g/mol. The number of nitrogen functional groups attached to an aromatic ring is 1. The number of halogens is 1. The Morgan fingerprint density at radius 1 is 1.40 bits per heavy atom. The van der Waals surface area contributed by atoms with E-state index < -0.39 is 0 Å². The molecule has 2 aromatic rings. The standard InChI is InChI=1S/C10H10BrN3S/c1-2-6-9(13-5-14-10(6)12)7-3-15-4-8(7)11/h3-5H,2H2,1H3,(H2,12,13,14). The summed E-state index contributed by atoms with van der Waals surface area (Å²) in [5.74, 6) is 0.570. The Kier molecular flexibility index (Phi) is 3.02. The Labute approximate surface area is 101 Å². The summed E-state index contributed by atoms with van der Waals surface area (Å²) in [6, 6.07) is 0. The van der Waals surface area contributed by atoms with Crippen molar-refractivity contribution in [3.8, 4) is 11.3 Å². The zero-order valence-electron chi connectivity index (χ0n) is 8.20. The van der Waals surface area contributed by atoms with Crippen LogP contribution in [0.4, 0.5) is 5.82 Å². The van der Waals surface area contributed by atoms with Crippen molar-refractivity contribution in [1.82, 2.24) is 9.97 Å². The minimum Gasteiger partial charge on any atom is -0.383 e. The summed E-state index contributed by atoms with van der Waals surface area (Å²) in [5.41, 5.74) is 8.85. The lowest BCUT2D eigenvalue weighted by Crippen LogP contribution is -2.01. The molecule has 15 heavy (non-hydrogen) atoms. The lowest BCUT2D eigenvalue weighted by atomic mass is 10.1. The summed E-state index contributed by atoms with van der Waals surface area (Å²) in [4.78, 5) is 8.30. The van der Waals surface area contributed by atoms with E-state index in [2.05, 4.69) is 38.2 Å². The van der Waals surface area contributed by atoms with Crippen molar-refractivity contribution >= 4 is 33.1 Å². The van der Waals surface area contributed by atoms with E-state index in [1.165, 1.54) is 6.33 Å². The number of anilines is 1. The molecule has 2 aromatic heterocycles. The van der Waals surface area contributed by atoms with Crippen LogP contribution in [-0.4, -0.2) is 9.97 Å². The molecule has 78 valence electrons. The first-order valence-electron chi connectivity index (χ1n) is 4.55. The summed E-state index contributed by atoms with van der Waals surface area (Å²) in [5, 5.41) is 4.10. The molecule has 0 atom stereocenters. The van der Waals surface area contributed by atoms with Crippen molar-refractivity contribution in [3.05, 3.63) is 27.1 Å². The van der Waals surface area contributed by atoms with Crippen molar-refractivity contribution in [3.63, 3.8) is 0 Å². The zero-order chi connectivity index (χ0) is 10.8. The number of hydrogen-bond acceptors (Lipinski definition) is 4. The zero-order valence-corrected chi connectivity index (χ0v) is 10.6. The Bertz CT molecular complexity index is 481. The minimum absolute atomic E-state index is 0.570. The molecule has 0 bridgehead atoms. The Morgan fingerprint density at radius 2 is 2.20 bits per heavy atom. The smallest absolute Gasteiger partial charge is 0.130 e. The van der Waals surface area contributed by atoms with Gasteiger partial charge in [-0.1, -0.05) is 6.92 Å². The highest BCUT2D eigenvalue weighted by Gasteiger charge is 2.12. The van der Waals surface area contributed by atoms with Crippen molar-refractivity contribution < 1.29 is 0 Å². The van der Waals surface area contributed by atoms with Gasteiger partial charge in [-0.3, -0.25) is 0 Å². The van der Waals surface area contributed by atoms with Crippen LogP contribution in [0.2, 0.25) is 0 Å². The lowest BCUT2D eigenvalue weighted by molar-refractivity contribution is 1.06. The molecule has 0 aromatic carbocycles. The quantitative estimate of drug-likeness (QED) is 0.921. The summed E-state index contributed by atoms with van der Waals surface area (Å²) in [6.07, 6.45) is 2.35. The Balaban J connectivity index is 2.63.